The minimum absolute atomic E-state index is 0.144. The van der Waals surface area contributed by atoms with E-state index in [1.54, 1.807) is 12.1 Å². The molecule has 1 unspecified atom stereocenters. The molecule has 1 aliphatic heterocycles. The Morgan fingerprint density at radius 2 is 1.64 bits per heavy atom. The second kappa shape index (κ2) is 16.0. The molecule has 8 nitrogen and oxygen atoms in total. The molecule has 0 aromatic heterocycles. The number of amides is 2. The van der Waals surface area contributed by atoms with Crippen LogP contribution in [0.25, 0.3) is 0 Å². The van der Waals surface area contributed by atoms with Gasteiger partial charge in [0.25, 0.3) is 11.8 Å². The average Bonchev–Trinajstić information content (AvgIpc) is 3.01. The predicted octanol–water partition coefficient (Wildman–Crippen LogP) is 1.25. The predicted molar refractivity (Wildman–Crippen MR) is 107 cm³/mol. The Bertz CT molecular complexity index is 535. The Balaban J connectivity index is 0.000000550. The molecule has 28 heavy (non-hydrogen) atoms. The van der Waals surface area contributed by atoms with E-state index < -0.39 is 12.0 Å². The summed E-state index contributed by atoms with van der Waals surface area (Å²) >= 11 is 0. The van der Waals surface area contributed by atoms with Gasteiger partial charge in [0, 0.05) is 13.2 Å². The summed E-state index contributed by atoms with van der Waals surface area (Å²) in [5, 5.41) is 25.4. The lowest BCUT2D eigenvalue weighted by Crippen LogP contribution is -2.35. The molecule has 4 N–H and O–H groups in total. The van der Waals surface area contributed by atoms with Crippen molar-refractivity contribution >= 4 is 17.5 Å². The number of benzene rings is 1. The molecular weight excluding hydrogens is 364 g/mol. The van der Waals surface area contributed by atoms with Crippen LogP contribution in [0, 0.1) is 5.92 Å². The van der Waals surface area contributed by atoms with Crippen molar-refractivity contribution < 1.29 is 29.6 Å². The Labute approximate surface area is 167 Å². The molecule has 0 bridgehead atoms. The molecule has 1 heterocycles. The van der Waals surface area contributed by atoms with E-state index >= 15 is 0 Å². The van der Waals surface area contributed by atoms with Crippen molar-refractivity contribution in [1.29, 1.82) is 0 Å². The number of unbranched alkanes of at least 4 members (excludes halogenated alkanes) is 1. The maximum atomic E-state index is 12.1. The van der Waals surface area contributed by atoms with Crippen LogP contribution in [0.4, 0.5) is 5.69 Å². The number of nitrogens with one attached hydrogen (secondary N) is 1. The standard InChI is InChI=1S/C13H16N2O2.C4H10O.C3H8O3/c1-2-3-9-11-12(16)14-15(13(11)17)10-7-5-4-6-8-10;1-3-5-4-2;4-1-3(6)2-5/h4-8,11H,2-3,9H2,1H3,(H,14,16);3-4H2,1-2H3;3-6H,1-2H2. The number of carbonyl (C=O) groups is 2. The third-order valence-electron chi connectivity index (χ3n) is 3.75. The number of hydrogen-bond donors (Lipinski definition) is 4. The van der Waals surface area contributed by atoms with Crippen molar-refractivity contribution in [1.82, 2.24) is 5.43 Å². The molecule has 1 fully saturated rings. The van der Waals surface area contributed by atoms with E-state index in [0.29, 0.717) is 12.1 Å². The highest BCUT2D eigenvalue weighted by Gasteiger charge is 2.39. The van der Waals surface area contributed by atoms with Crippen LogP contribution in [0.5, 0.6) is 0 Å². The van der Waals surface area contributed by atoms with Crippen LogP contribution in [0.15, 0.2) is 30.3 Å². The first-order valence-corrected chi connectivity index (χ1v) is 9.63. The Morgan fingerprint density at radius 3 is 2.04 bits per heavy atom. The number of hydrazine groups is 1. The summed E-state index contributed by atoms with van der Waals surface area (Å²) in [7, 11) is 0. The molecule has 1 aromatic rings. The third-order valence-corrected chi connectivity index (χ3v) is 3.75. The number of nitrogens with zero attached hydrogens (tertiary/aromatic N) is 1. The Morgan fingerprint density at radius 1 is 1.07 bits per heavy atom. The highest BCUT2D eigenvalue weighted by molar-refractivity contribution is 6.14. The fraction of sp³-hybridized carbons (Fsp3) is 0.600. The summed E-state index contributed by atoms with van der Waals surface area (Å²) in [6, 6.07) is 9.17. The van der Waals surface area contributed by atoms with E-state index in [9.17, 15) is 9.59 Å². The molecule has 0 radical (unpaired) electrons. The highest BCUT2D eigenvalue weighted by atomic mass is 16.5. The summed E-state index contributed by atoms with van der Waals surface area (Å²) in [6.45, 7) is 6.99. The summed E-state index contributed by atoms with van der Waals surface area (Å²) < 4.78 is 4.83. The fourth-order valence-corrected chi connectivity index (χ4v) is 2.20. The first-order valence-electron chi connectivity index (χ1n) is 9.63. The van der Waals surface area contributed by atoms with Crippen molar-refractivity contribution in [2.75, 3.05) is 31.4 Å². The number of aliphatic hydroxyl groups excluding tert-OH is 3. The number of carbonyl (C=O) groups excluding carboxylic acids is 2. The Kier molecular flexibility index (Phi) is 14.9. The monoisotopic (exact) mass is 398 g/mol. The van der Waals surface area contributed by atoms with Gasteiger partial charge in [0.05, 0.1) is 18.9 Å². The maximum Gasteiger partial charge on any atom is 0.258 e. The van der Waals surface area contributed by atoms with Crippen molar-refractivity contribution in [3.8, 4) is 0 Å². The molecule has 160 valence electrons. The van der Waals surface area contributed by atoms with Crippen molar-refractivity contribution in [2.24, 2.45) is 5.92 Å². The van der Waals surface area contributed by atoms with Gasteiger partial charge in [0.15, 0.2) is 0 Å². The van der Waals surface area contributed by atoms with Crippen molar-refractivity contribution in [3.05, 3.63) is 30.3 Å². The maximum absolute atomic E-state index is 12.1. The van der Waals surface area contributed by atoms with Gasteiger partial charge in [0.1, 0.15) is 12.0 Å². The molecule has 0 spiro atoms. The molecule has 1 saturated heterocycles. The van der Waals surface area contributed by atoms with Crippen molar-refractivity contribution in [3.63, 3.8) is 0 Å². The topological polar surface area (TPSA) is 119 Å². The number of hydrogen-bond acceptors (Lipinski definition) is 6. The summed E-state index contributed by atoms with van der Waals surface area (Å²) in [5.41, 5.74) is 3.34. The lowest BCUT2D eigenvalue weighted by atomic mass is 10.0. The van der Waals surface area contributed by atoms with Crippen LogP contribution in [-0.4, -0.2) is 59.7 Å². The second-order valence-corrected chi connectivity index (χ2v) is 5.98. The molecule has 1 atom stereocenters. The van der Waals surface area contributed by atoms with E-state index in [0.717, 1.165) is 26.1 Å². The first-order chi connectivity index (χ1) is 13.5. The summed E-state index contributed by atoms with van der Waals surface area (Å²) in [6.07, 6.45) is 1.56. The quantitative estimate of drug-likeness (QED) is 0.489. The number of rotatable bonds is 8. The minimum Gasteiger partial charge on any atom is -0.394 e. The van der Waals surface area contributed by atoms with Crippen LogP contribution in [-0.2, 0) is 14.3 Å². The van der Waals surface area contributed by atoms with Gasteiger partial charge in [-0.3, -0.25) is 15.0 Å². The van der Waals surface area contributed by atoms with Crippen LogP contribution >= 0.6 is 0 Å². The molecule has 2 rings (SSSR count). The molecule has 0 saturated carbocycles. The van der Waals surface area contributed by atoms with E-state index in [4.69, 9.17) is 20.1 Å². The van der Waals surface area contributed by atoms with Crippen molar-refractivity contribution in [2.45, 2.75) is 46.1 Å². The molecule has 2 amide bonds. The molecule has 1 aromatic carbocycles. The molecular formula is C20H34N2O6. The fourth-order valence-electron chi connectivity index (χ4n) is 2.20. The Hall–Kier alpha value is -2.00. The number of ether oxygens (including phenoxy) is 1. The number of para-hydroxylation sites is 1. The zero-order valence-corrected chi connectivity index (χ0v) is 17.0. The molecule has 1 aliphatic rings. The lowest BCUT2D eigenvalue weighted by molar-refractivity contribution is -0.127. The first kappa shape index (κ1) is 26.0. The van der Waals surface area contributed by atoms with E-state index in [2.05, 4.69) is 5.43 Å². The van der Waals surface area contributed by atoms with Crippen LogP contribution < -0.4 is 10.4 Å². The molecule has 8 heteroatoms. The van der Waals surface area contributed by atoms with Gasteiger partial charge in [-0.1, -0.05) is 38.0 Å². The zero-order chi connectivity index (χ0) is 21.4. The lowest BCUT2D eigenvalue weighted by Gasteiger charge is -2.14. The van der Waals surface area contributed by atoms with Crippen LogP contribution in [0.2, 0.25) is 0 Å². The van der Waals surface area contributed by atoms with Crippen LogP contribution in [0.1, 0.15) is 40.0 Å². The van der Waals surface area contributed by atoms with E-state index in [-0.39, 0.29) is 25.0 Å². The second-order valence-electron chi connectivity index (χ2n) is 5.98. The SMILES string of the molecule is CCCCC1C(=O)NN(c2ccccc2)C1=O.CCOCC.OCC(O)CO. The van der Waals surface area contributed by atoms with Gasteiger partial charge >= 0.3 is 0 Å². The van der Waals surface area contributed by atoms with E-state index in [1.165, 1.54) is 5.01 Å². The largest absolute Gasteiger partial charge is 0.394 e. The zero-order valence-electron chi connectivity index (χ0n) is 17.0. The van der Waals surface area contributed by atoms with Gasteiger partial charge < -0.3 is 20.1 Å². The van der Waals surface area contributed by atoms with Gasteiger partial charge in [-0.2, -0.15) is 0 Å². The van der Waals surface area contributed by atoms with Gasteiger partial charge in [0.2, 0.25) is 0 Å². The minimum atomic E-state index is -0.954. The third kappa shape index (κ3) is 9.80. The van der Waals surface area contributed by atoms with Gasteiger partial charge in [-0.15, -0.1) is 0 Å². The molecule has 0 aliphatic carbocycles. The van der Waals surface area contributed by atoms with Gasteiger partial charge in [-0.05, 0) is 32.4 Å². The summed E-state index contributed by atoms with van der Waals surface area (Å²) in [4.78, 5) is 23.8. The number of anilines is 1. The van der Waals surface area contributed by atoms with E-state index in [1.807, 2.05) is 39.0 Å². The summed E-state index contributed by atoms with van der Waals surface area (Å²) in [5.74, 6) is -0.850. The number of aliphatic hydroxyl groups is 3. The normalized spacial score (nSPS) is 15.5. The average molecular weight is 399 g/mol. The highest BCUT2D eigenvalue weighted by Crippen LogP contribution is 2.22. The smallest absolute Gasteiger partial charge is 0.258 e. The van der Waals surface area contributed by atoms with Crippen LogP contribution in [0.3, 0.4) is 0 Å². The van der Waals surface area contributed by atoms with Gasteiger partial charge in [-0.25, -0.2) is 5.01 Å².